The van der Waals surface area contributed by atoms with Crippen molar-refractivity contribution in [3.8, 4) is 0 Å². The average molecular weight is 459 g/mol. The number of aromatic amines is 1. The highest BCUT2D eigenvalue weighted by molar-refractivity contribution is 9.10. The minimum Gasteiger partial charge on any atom is -0.475 e. The van der Waals surface area contributed by atoms with Crippen LogP contribution < -0.4 is 5.32 Å². The van der Waals surface area contributed by atoms with E-state index in [9.17, 15) is 13.2 Å². The van der Waals surface area contributed by atoms with E-state index in [1.807, 2.05) is 13.1 Å². The molecule has 0 spiro atoms. The molecule has 28 heavy (non-hydrogen) atoms. The number of H-pyrrole nitrogens is 1. The molecular formula is C18H18BrF3N4O2. The Morgan fingerprint density at radius 1 is 1.32 bits per heavy atom. The molecule has 0 radical (unpaired) electrons. The first-order valence-corrected chi connectivity index (χ1v) is 8.95. The summed E-state index contributed by atoms with van der Waals surface area (Å²) in [4.78, 5) is 13.3. The standard InChI is InChI=1S/C16H17BrN4.C2HF3O2/c1-10(13-3-5-14(17)6-4-13)18-8-12-7-15-11(2)20-21-16(15)19-9-12;3-2(4,5)1(6)7/h3-7,9-10,18H,8H2,1-2H3,(H,19,20,21);(H,6,7)/t10-;/m0./s1. The second-order valence-electron chi connectivity index (χ2n) is 6.02. The lowest BCUT2D eigenvalue weighted by atomic mass is 10.1. The van der Waals surface area contributed by atoms with Gasteiger partial charge in [-0.05, 0) is 43.2 Å². The van der Waals surface area contributed by atoms with Crippen LogP contribution in [0.3, 0.4) is 0 Å². The number of carbonyl (C=O) groups is 1. The highest BCUT2D eigenvalue weighted by Crippen LogP contribution is 2.18. The summed E-state index contributed by atoms with van der Waals surface area (Å²) in [5.74, 6) is -2.76. The van der Waals surface area contributed by atoms with Crippen molar-refractivity contribution in [2.24, 2.45) is 0 Å². The van der Waals surface area contributed by atoms with Gasteiger partial charge in [-0.25, -0.2) is 9.78 Å². The summed E-state index contributed by atoms with van der Waals surface area (Å²) in [5, 5.41) is 18.9. The van der Waals surface area contributed by atoms with E-state index in [0.29, 0.717) is 6.04 Å². The van der Waals surface area contributed by atoms with Gasteiger partial charge in [-0.3, -0.25) is 5.10 Å². The van der Waals surface area contributed by atoms with Crippen molar-refractivity contribution < 1.29 is 23.1 Å². The minimum atomic E-state index is -5.08. The van der Waals surface area contributed by atoms with E-state index in [1.54, 1.807) is 0 Å². The molecule has 3 rings (SSSR count). The Labute approximate surface area is 167 Å². The molecule has 0 saturated carbocycles. The molecule has 3 aromatic rings. The normalized spacial score (nSPS) is 12.4. The van der Waals surface area contributed by atoms with Crippen LogP contribution in [0.25, 0.3) is 11.0 Å². The Bertz CT molecular complexity index is 942. The van der Waals surface area contributed by atoms with Crippen LogP contribution >= 0.6 is 15.9 Å². The minimum absolute atomic E-state index is 0.291. The van der Waals surface area contributed by atoms with Crippen LogP contribution in [0.5, 0.6) is 0 Å². The largest absolute Gasteiger partial charge is 0.490 e. The molecule has 10 heteroatoms. The Kier molecular flexibility index (Phi) is 7.14. The van der Waals surface area contributed by atoms with E-state index < -0.39 is 12.1 Å². The number of pyridine rings is 1. The van der Waals surface area contributed by atoms with Crippen LogP contribution in [-0.4, -0.2) is 32.4 Å². The zero-order valence-electron chi connectivity index (χ0n) is 15.0. The van der Waals surface area contributed by atoms with Crippen LogP contribution in [0, 0.1) is 6.92 Å². The SMILES string of the molecule is Cc1[nH]nc2ncc(CN[C@@H](C)c3ccc(Br)cc3)cc12.O=C(O)C(F)(F)F. The number of halogens is 4. The molecule has 0 fully saturated rings. The Hall–Kier alpha value is -2.46. The second-order valence-corrected chi connectivity index (χ2v) is 6.94. The van der Waals surface area contributed by atoms with Gasteiger partial charge in [0.05, 0.1) is 0 Å². The molecule has 0 bridgehead atoms. The van der Waals surface area contributed by atoms with Crippen molar-refractivity contribution >= 4 is 32.9 Å². The molecule has 0 saturated heterocycles. The number of fused-ring (bicyclic) bond motifs is 1. The Morgan fingerprint density at radius 3 is 2.50 bits per heavy atom. The van der Waals surface area contributed by atoms with Crippen LogP contribution in [0.15, 0.2) is 41.0 Å². The molecule has 2 aromatic heterocycles. The summed E-state index contributed by atoms with van der Waals surface area (Å²) in [6.07, 6.45) is -3.20. The molecule has 0 aliphatic carbocycles. The molecule has 0 aliphatic heterocycles. The van der Waals surface area contributed by atoms with Gasteiger partial charge in [0.2, 0.25) is 0 Å². The molecule has 0 unspecified atom stereocenters. The number of hydrogen-bond donors (Lipinski definition) is 3. The molecular weight excluding hydrogens is 441 g/mol. The van der Waals surface area contributed by atoms with Crippen molar-refractivity contribution in [3.05, 3.63) is 57.8 Å². The first kappa shape index (κ1) is 21.8. The van der Waals surface area contributed by atoms with Gasteiger partial charge in [0, 0.05) is 34.3 Å². The van der Waals surface area contributed by atoms with Crippen molar-refractivity contribution in [1.29, 1.82) is 0 Å². The second kappa shape index (κ2) is 9.16. The summed E-state index contributed by atoms with van der Waals surface area (Å²) in [6.45, 7) is 4.96. The van der Waals surface area contributed by atoms with Crippen LogP contribution in [0.1, 0.15) is 29.8 Å². The van der Waals surface area contributed by atoms with Crippen molar-refractivity contribution in [2.45, 2.75) is 32.6 Å². The average Bonchev–Trinajstić information content (AvgIpc) is 3.00. The summed E-state index contributed by atoms with van der Waals surface area (Å²) in [7, 11) is 0. The third kappa shape index (κ3) is 6.03. The number of alkyl halides is 3. The van der Waals surface area contributed by atoms with Crippen molar-refractivity contribution in [1.82, 2.24) is 20.5 Å². The molecule has 0 amide bonds. The topological polar surface area (TPSA) is 90.9 Å². The summed E-state index contributed by atoms with van der Waals surface area (Å²) < 4.78 is 32.8. The number of aryl methyl sites for hydroxylation is 1. The monoisotopic (exact) mass is 458 g/mol. The van der Waals surface area contributed by atoms with Gasteiger partial charge < -0.3 is 10.4 Å². The lowest BCUT2D eigenvalue weighted by Gasteiger charge is -2.14. The quantitative estimate of drug-likeness (QED) is 0.534. The van der Waals surface area contributed by atoms with E-state index in [-0.39, 0.29) is 0 Å². The van der Waals surface area contributed by atoms with Gasteiger partial charge in [0.15, 0.2) is 5.65 Å². The van der Waals surface area contributed by atoms with Crippen LogP contribution in [-0.2, 0) is 11.3 Å². The summed E-state index contributed by atoms with van der Waals surface area (Å²) in [5.41, 5.74) is 4.26. The van der Waals surface area contributed by atoms with Crippen molar-refractivity contribution in [2.75, 3.05) is 0 Å². The smallest absolute Gasteiger partial charge is 0.475 e. The highest BCUT2D eigenvalue weighted by Gasteiger charge is 2.38. The third-order valence-electron chi connectivity index (χ3n) is 3.88. The summed E-state index contributed by atoms with van der Waals surface area (Å²) in [6, 6.07) is 10.8. The molecule has 1 atom stereocenters. The fourth-order valence-corrected chi connectivity index (χ4v) is 2.56. The maximum absolute atomic E-state index is 10.6. The zero-order chi connectivity index (χ0) is 20.9. The van der Waals surface area contributed by atoms with E-state index in [2.05, 4.69) is 73.7 Å². The predicted octanol–water partition coefficient (Wildman–Crippen LogP) is 4.51. The molecule has 150 valence electrons. The lowest BCUT2D eigenvalue weighted by molar-refractivity contribution is -0.192. The van der Waals surface area contributed by atoms with Gasteiger partial charge in [-0.1, -0.05) is 28.1 Å². The molecule has 6 nitrogen and oxygen atoms in total. The third-order valence-corrected chi connectivity index (χ3v) is 4.41. The molecule has 3 N–H and O–H groups in total. The number of hydrogen-bond acceptors (Lipinski definition) is 4. The number of aromatic nitrogens is 3. The van der Waals surface area contributed by atoms with Gasteiger partial charge in [-0.2, -0.15) is 18.3 Å². The summed E-state index contributed by atoms with van der Waals surface area (Å²) >= 11 is 3.46. The van der Waals surface area contributed by atoms with Crippen LogP contribution in [0.4, 0.5) is 13.2 Å². The fraction of sp³-hybridized carbons (Fsp3) is 0.278. The van der Waals surface area contributed by atoms with Gasteiger partial charge in [0.1, 0.15) is 0 Å². The number of aliphatic carboxylic acids is 1. The molecule has 1 aromatic carbocycles. The van der Waals surface area contributed by atoms with E-state index in [0.717, 1.165) is 33.3 Å². The number of carboxylic acids is 1. The number of nitrogens with one attached hydrogen (secondary N) is 2. The van der Waals surface area contributed by atoms with Gasteiger partial charge >= 0.3 is 12.1 Å². The number of rotatable bonds is 4. The number of nitrogens with zero attached hydrogens (tertiary/aromatic N) is 2. The Morgan fingerprint density at radius 2 is 1.93 bits per heavy atom. The van der Waals surface area contributed by atoms with Gasteiger partial charge in [-0.15, -0.1) is 0 Å². The fourth-order valence-electron chi connectivity index (χ4n) is 2.30. The first-order valence-electron chi connectivity index (χ1n) is 8.16. The number of benzene rings is 1. The highest BCUT2D eigenvalue weighted by atomic mass is 79.9. The van der Waals surface area contributed by atoms with E-state index >= 15 is 0 Å². The molecule has 2 heterocycles. The lowest BCUT2D eigenvalue weighted by Crippen LogP contribution is -2.21. The van der Waals surface area contributed by atoms with E-state index in [4.69, 9.17) is 9.90 Å². The van der Waals surface area contributed by atoms with Crippen LogP contribution in [0.2, 0.25) is 0 Å². The maximum Gasteiger partial charge on any atom is 0.490 e. The van der Waals surface area contributed by atoms with Crippen molar-refractivity contribution in [3.63, 3.8) is 0 Å². The Balaban J connectivity index is 0.000000345. The molecule has 0 aliphatic rings. The predicted molar refractivity (Wildman–Crippen MR) is 102 cm³/mol. The zero-order valence-corrected chi connectivity index (χ0v) is 16.6. The van der Waals surface area contributed by atoms with Gasteiger partial charge in [0.25, 0.3) is 0 Å². The number of carboxylic acid groups (broad SMARTS) is 1. The maximum atomic E-state index is 10.6. The van der Waals surface area contributed by atoms with E-state index in [1.165, 1.54) is 5.56 Å². The first-order chi connectivity index (χ1) is 13.1.